The first-order valence-electron chi connectivity index (χ1n) is 6.99. The van der Waals surface area contributed by atoms with E-state index >= 15 is 0 Å². The van der Waals surface area contributed by atoms with Gasteiger partial charge in [-0.15, -0.1) is 0 Å². The summed E-state index contributed by atoms with van der Waals surface area (Å²) in [5.41, 5.74) is 5.30. The molecule has 0 aliphatic rings. The molecule has 23 heavy (non-hydrogen) atoms. The van der Waals surface area contributed by atoms with Gasteiger partial charge in [0.2, 0.25) is 0 Å². The summed E-state index contributed by atoms with van der Waals surface area (Å²) in [7, 11) is 0. The van der Waals surface area contributed by atoms with Crippen LogP contribution in [0.3, 0.4) is 0 Å². The summed E-state index contributed by atoms with van der Waals surface area (Å²) in [6.45, 7) is 2.95. The van der Waals surface area contributed by atoms with E-state index < -0.39 is 36.0 Å². The molecule has 0 aromatic heterocycles. The Kier molecular flexibility index (Phi) is 6.44. The van der Waals surface area contributed by atoms with Crippen LogP contribution < -0.4 is 11.1 Å². The average molecular weight is 330 g/mol. The van der Waals surface area contributed by atoms with Crippen molar-refractivity contribution < 1.29 is 28.2 Å². The molecule has 2 amide bonds. The zero-order valence-electron chi connectivity index (χ0n) is 12.8. The van der Waals surface area contributed by atoms with E-state index in [9.17, 15) is 23.5 Å². The molecule has 0 saturated heterocycles. The number of carbonyl (C=O) groups is 2. The van der Waals surface area contributed by atoms with Crippen LogP contribution in [0, 0.1) is 5.92 Å². The van der Waals surface area contributed by atoms with Crippen molar-refractivity contribution in [1.29, 1.82) is 0 Å². The van der Waals surface area contributed by atoms with Gasteiger partial charge in [0.25, 0.3) is 5.91 Å². The van der Waals surface area contributed by atoms with Crippen molar-refractivity contribution in [2.75, 3.05) is 0 Å². The van der Waals surface area contributed by atoms with E-state index in [1.165, 1.54) is 13.8 Å². The largest absolute Gasteiger partial charge is 0.445 e. The summed E-state index contributed by atoms with van der Waals surface area (Å²) in [6, 6.07) is 7.35. The molecule has 0 heterocycles. The van der Waals surface area contributed by atoms with Gasteiger partial charge >= 0.3 is 12.0 Å². The second-order valence-electron chi connectivity index (χ2n) is 5.41. The fraction of sp³-hybridized carbons (Fsp3) is 0.467. The second kappa shape index (κ2) is 7.87. The molecule has 0 fully saturated rings. The number of hydrogen-bond donors (Lipinski definition) is 3. The van der Waals surface area contributed by atoms with Gasteiger partial charge < -0.3 is 20.9 Å². The van der Waals surface area contributed by atoms with Gasteiger partial charge in [-0.1, -0.05) is 44.2 Å². The molecule has 1 aromatic carbocycles. The van der Waals surface area contributed by atoms with E-state index in [4.69, 9.17) is 4.74 Å². The van der Waals surface area contributed by atoms with Crippen LogP contribution in [0.2, 0.25) is 0 Å². The molecule has 128 valence electrons. The lowest BCUT2D eigenvalue weighted by molar-refractivity contribution is -0.164. The van der Waals surface area contributed by atoms with Gasteiger partial charge in [-0.25, -0.2) is 4.79 Å². The summed E-state index contributed by atoms with van der Waals surface area (Å²) in [4.78, 5) is 22.5. The molecule has 2 unspecified atom stereocenters. The molecule has 4 N–H and O–H groups in total. The fourth-order valence-corrected chi connectivity index (χ4v) is 1.88. The number of aliphatic hydroxyl groups excluding tert-OH is 1. The maximum absolute atomic E-state index is 13.5. The van der Waals surface area contributed by atoms with Gasteiger partial charge in [0.15, 0.2) is 0 Å². The van der Waals surface area contributed by atoms with Crippen LogP contribution in [0.4, 0.5) is 13.6 Å². The Hall–Kier alpha value is -2.22. The first kappa shape index (κ1) is 18.8. The van der Waals surface area contributed by atoms with Gasteiger partial charge in [0.05, 0.1) is 6.04 Å². The first-order chi connectivity index (χ1) is 10.7. The number of carbonyl (C=O) groups excluding carboxylic acids is 2. The lowest BCUT2D eigenvalue weighted by atomic mass is 9.94. The number of benzene rings is 1. The van der Waals surface area contributed by atoms with Crippen molar-refractivity contribution in [3.05, 3.63) is 35.9 Å². The topological polar surface area (TPSA) is 102 Å². The minimum absolute atomic E-state index is 0.0558. The van der Waals surface area contributed by atoms with E-state index in [1.807, 2.05) is 0 Å². The fourth-order valence-electron chi connectivity index (χ4n) is 1.88. The lowest BCUT2D eigenvalue weighted by Gasteiger charge is -2.30. The standard InChI is InChI=1S/C15H20F2N2O4/c1-9(2)11(12(20)15(16,17)13(18)21)19-14(22)23-8-10-6-4-3-5-7-10/h3-7,9,11-12,20H,8H2,1-2H3,(H2,18,21)(H,19,22). The highest BCUT2D eigenvalue weighted by Gasteiger charge is 2.50. The predicted octanol–water partition coefficient (Wildman–Crippen LogP) is 1.42. The number of nitrogens with two attached hydrogens (primary N) is 1. The molecule has 0 radical (unpaired) electrons. The Morgan fingerprint density at radius 3 is 2.35 bits per heavy atom. The van der Waals surface area contributed by atoms with Crippen LogP contribution >= 0.6 is 0 Å². The monoisotopic (exact) mass is 330 g/mol. The zero-order valence-corrected chi connectivity index (χ0v) is 12.8. The number of rotatable bonds is 7. The van der Waals surface area contributed by atoms with Crippen molar-refractivity contribution >= 4 is 12.0 Å². The van der Waals surface area contributed by atoms with Crippen molar-refractivity contribution in [2.24, 2.45) is 11.7 Å². The molecule has 2 atom stereocenters. The van der Waals surface area contributed by atoms with Crippen molar-refractivity contribution in [2.45, 2.75) is 38.5 Å². The average Bonchev–Trinajstić information content (AvgIpc) is 2.50. The van der Waals surface area contributed by atoms with Gasteiger partial charge in [-0.05, 0) is 11.5 Å². The zero-order chi connectivity index (χ0) is 17.6. The van der Waals surface area contributed by atoms with Crippen molar-refractivity contribution in [3.8, 4) is 0 Å². The van der Waals surface area contributed by atoms with Crippen LogP contribution in [0.15, 0.2) is 30.3 Å². The maximum Gasteiger partial charge on any atom is 0.407 e. The van der Waals surface area contributed by atoms with E-state index in [-0.39, 0.29) is 6.61 Å². The molecule has 0 spiro atoms. The Morgan fingerprint density at radius 2 is 1.87 bits per heavy atom. The van der Waals surface area contributed by atoms with Crippen LogP contribution in [-0.2, 0) is 16.1 Å². The Labute approximate surface area is 132 Å². The smallest absolute Gasteiger partial charge is 0.407 e. The molecule has 1 rings (SSSR count). The number of alkyl carbamates (subject to hydrolysis) is 1. The summed E-state index contributed by atoms with van der Waals surface area (Å²) in [5.74, 6) is -6.71. The molecule has 0 saturated carbocycles. The predicted molar refractivity (Wildman–Crippen MR) is 78.5 cm³/mol. The quantitative estimate of drug-likeness (QED) is 0.703. The van der Waals surface area contributed by atoms with E-state index in [2.05, 4.69) is 11.1 Å². The molecule has 8 heteroatoms. The van der Waals surface area contributed by atoms with Crippen LogP contribution in [-0.4, -0.2) is 35.2 Å². The summed E-state index contributed by atoms with van der Waals surface area (Å²) in [6.07, 6.45) is -3.43. The third kappa shape index (κ3) is 5.17. The molecule has 0 aliphatic heterocycles. The number of ether oxygens (including phenoxy) is 1. The summed E-state index contributed by atoms with van der Waals surface area (Å²) < 4.78 is 32.0. The van der Waals surface area contributed by atoms with Gasteiger partial charge in [-0.3, -0.25) is 4.79 Å². The number of halogens is 2. The van der Waals surface area contributed by atoms with Gasteiger partial charge in [0, 0.05) is 0 Å². The number of alkyl halides is 2. The van der Waals surface area contributed by atoms with Crippen molar-refractivity contribution in [3.63, 3.8) is 0 Å². The first-order valence-corrected chi connectivity index (χ1v) is 6.99. The molecule has 0 bridgehead atoms. The maximum atomic E-state index is 13.5. The minimum atomic E-state index is -4.17. The molecular weight excluding hydrogens is 310 g/mol. The van der Waals surface area contributed by atoms with Gasteiger partial charge in [0.1, 0.15) is 12.7 Å². The Balaban J connectivity index is 2.68. The molecule has 1 aromatic rings. The highest BCUT2D eigenvalue weighted by molar-refractivity contribution is 5.82. The number of nitrogens with one attached hydrogen (secondary N) is 1. The highest BCUT2D eigenvalue weighted by atomic mass is 19.3. The van der Waals surface area contributed by atoms with Crippen LogP contribution in [0.1, 0.15) is 19.4 Å². The normalized spacial score (nSPS) is 14.2. The van der Waals surface area contributed by atoms with E-state index in [1.54, 1.807) is 30.3 Å². The number of amides is 2. The molecule has 6 nitrogen and oxygen atoms in total. The van der Waals surface area contributed by atoms with Crippen molar-refractivity contribution in [1.82, 2.24) is 5.32 Å². The highest BCUT2D eigenvalue weighted by Crippen LogP contribution is 2.24. The van der Waals surface area contributed by atoms with Crippen LogP contribution in [0.5, 0.6) is 0 Å². The van der Waals surface area contributed by atoms with Gasteiger partial charge in [-0.2, -0.15) is 8.78 Å². The number of hydrogen-bond acceptors (Lipinski definition) is 4. The summed E-state index contributed by atoms with van der Waals surface area (Å²) in [5, 5.41) is 11.8. The minimum Gasteiger partial charge on any atom is -0.445 e. The Bertz CT molecular complexity index is 538. The van der Waals surface area contributed by atoms with Crippen LogP contribution in [0.25, 0.3) is 0 Å². The second-order valence-corrected chi connectivity index (χ2v) is 5.41. The third-order valence-corrected chi connectivity index (χ3v) is 3.26. The van der Waals surface area contributed by atoms with E-state index in [0.29, 0.717) is 5.56 Å². The third-order valence-electron chi connectivity index (χ3n) is 3.26. The lowest BCUT2D eigenvalue weighted by Crippen LogP contribution is -2.58. The SMILES string of the molecule is CC(C)C(NC(=O)OCc1ccccc1)C(O)C(F)(F)C(N)=O. The summed E-state index contributed by atoms with van der Waals surface area (Å²) >= 11 is 0. The van der Waals surface area contributed by atoms with E-state index in [0.717, 1.165) is 0 Å². The Morgan fingerprint density at radius 1 is 1.30 bits per heavy atom. The number of primary amides is 1. The molecule has 0 aliphatic carbocycles. The molecular formula is C15H20F2N2O4. The number of aliphatic hydroxyl groups is 1.